The number of aryl methyl sites for hydroxylation is 1. The lowest BCUT2D eigenvalue weighted by atomic mass is 10.1. The van der Waals surface area contributed by atoms with Gasteiger partial charge in [0, 0.05) is 35.6 Å². The van der Waals surface area contributed by atoms with Crippen LogP contribution in [0, 0.1) is 6.92 Å². The third-order valence-electron chi connectivity index (χ3n) is 3.76. The standard InChI is InChI=1S/C18H17N3O2S/c1-11-9-17(22)23-16-10-14(3-4-15(11)16)21-18(24)20-12(2)13-5-7-19-8-6-13/h3-10,12H,1-2H3,(H2,20,21,24)/t12-/m0/s1. The van der Waals surface area contributed by atoms with Crippen LogP contribution >= 0.6 is 12.2 Å². The van der Waals surface area contributed by atoms with Crippen LogP contribution in [0.2, 0.25) is 0 Å². The first-order valence-electron chi connectivity index (χ1n) is 7.55. The molecule has 2 N–H and O–H groups in total. The average Bonchev–Trinajstić information content (AvgIpc) is 2.55. The van der Waals surface area contributed by atoms with E-state index < -0.39 is 0 Å². The SMILES string of the molecule is Cc1cc(=O)oc2cc(NC(=S)N[C@@H](C)c3ccncc3)ccc12. The molecule has 0 spiro atoms. The largest absolute Gasteiger partial charge is 0.423 e. The van der Waals surface area contributed by atoms with E-state index >= 15 is 0 Å². The van der Waals surface area contributed by atoms with Gasteiger partial charge in [-0.1, -0.05) is 0 Å². The predicted molar refractivity (Wildman–Crippen MR) is 99.2 cm³/mol. The summed E-state index contributed by atoms with van der Waals surface area (Å²) in [5, 5.41) is 7.73. The maximum atomic E-state index is 11.5. The number of aromatic nitrogens is 1. The van der Waals surface area contributed by atoms with E-state index in [1.165, 1.54) is 6.07 Å². The van der Waals surface area contributed by atoms with Crippen LogP contribution in [0.3, 0.4) is 0 Å². The normalized spacial score (nSPS) is 11.9. The Bertz CT molecular complexity index is 938. The molecule has 0 bridgehead atoms. The van der Waals surface area contributed by atoms with Crippen LogP contribution in [-0.2, 0) is 0 Å². The molecule has 122 valence electrons. The number of benzene rings is 1. The minimum Gasteiger partial charge on any atom is -0.423 e. The van der Waals surface area contributed by atoms with Crippen molar-refractivity contribution in [2.24, 2.45) is 0 Å². The molecule has 0 saturated heterocycles. The summed E-state index contributed by atoms with van der Waals surface area (Å²) in [5.41, 5.74) is 2.92. The van der Waals surface area contributed by atoms with Crippen molar-refractivity contribution in [2.45, 2.75) is 19.9 Å². The third-order valence-corrected chi connectivity index (χ3v) is 3.98. The molecular formula is C18H17N3O2S. The number of thiocarbonyl (C=S) groups is 1. The molecule has 0 saturated carbocycles. The maximum absolute atomic E-state index is 11.5. The van der Waals surface area contributed by atoms with Crippen molar-refractivity contribution in [2.75, 3.05) is 5.32 Å². The lowest BCUT2D eigenvalue weighted by molar-refractivity contribution is 0.560. The fourth-order valence-corrected chi connectivity index (χ4v) is 2.80. The molecule has 1 aromatic carbocycles. The molecule has 3 aromatic rings. The maximum Gasteiger partial charge on any atom is 0.336 e. The van der Waals surface area contributed by atoms with Gasteiger partial charge in [0.05, 0.1) is 6.04 Å². The topological polar surface area (TPSA) is 67.2 Å². The van der Waals surface area contributed by atoms with Crippen LogP contribution in [-0.4, -0.2) is 10.1 Å². The summed E-state index contributed by atoms with van der Waals surface area (Å²) in [5.74, 6) is 0. The van der Waals surface area contributed by atoms with Crippen LogP contribution in [0.1, 0.15) is 24.1 Å². The number of hydrogen-bond acceptors (Lipinski definition) is 4. The van der Waals surface area contributed by atoms with Gasteiger partial charge in [-0.2, -0.15) is 0 Å². The van der Waals surface area contributed by atoms with Crippen LogP contribution in [0.15, 0.2) is 58.0 Å². The van der Waals surface area contributed by atoms with Crippen LogP contribution in [0.5, 0.6) is 0 Å². The first-order chi connectivity index (χ1) is 11.5. The third kappa shape index (κ3) is 3.60. The highest BCUT2D eigenvalue weighted by Gasteiger charge is 2.08. The average molecular weight is 339 g/mol. The van der Waals surface area contributed by atoms with Crippen molar-refractivity contribution in [3.05, 3.63) is 70.3 Å². The number of pyridine rings is 1. The van der Waals surface area contributed by atoms with Gasteiger partial charge in [0.25, 0.3) is 0 Å². The summed E-state index contributed by atoms with van der Waals surface area (Å²) in [6.45, 7) is 3.90. The number of anilines is 1. The summed E-state index contributed by atoms with van der Waals surface area (Å²) in [7, 11) is 0. The number of rotatable bonds is 3. The second kappa shape index (κ2) is 6.80. The highest BCUT2D eigenvalue weighted by atomic mass is 32.1. The lowest BCUT2D eigenvalue weighted by Crippen LogP contribution is -2.30. The summed E-state index contributed by atoms with van der Waals surface area (Å²) in [6, 6.07) is 11.0. The fraction of sp³-hybridized carbons (Fsp3) is 0.167. The van der Waals surface area contributed by atoms with Gasteiger partial charge in [-0.25, -0.2) is 4.79 Å². The van der Waals surface area contributed by atoms with Crippen LogP contribution < -0.4 is 16.3 Å². The molecule has 2 aromatic heterocycles. The first-order valence-corrected chi connectivity index (χ1v) is 7.96. The fourth-order valence-electron chi connectivity index (χ4n) is 2.50. The van der Waals surface area contributed by atoms with Gasteiger partial charge in [-0.15, -0.1) is 0 Å². The molecule has 0 unspecified atom stereocenters. The van der Waals surface area contributed by atoms with E-state index in [2.05, 4.69) is 15.6 Å². The van der Waals surface area contributed by atoms with Gasteiger partial charge in [0.15, 0.2) is 5.11 Å². The molecule has 1 atom stereocenters. The van der Waals surface area contributed by atoms with Crippen molar-refractivity contribution < 1.29 is 4.42 Å². The highest BCUT2D eigenvalue weighted by Crippen LogP contribution is 2.21. The molecule has 0 radical (unpaired) electrons. The van der Waals surface area contributed by atoms with E-state index in [4.69, 9.17) is 16.6 Å². The van der Waals surface area contributed by atoms with Gasteiger partial charge in [0.2, 0.25) is 0 Å². The molecule has 24 heavy (non-hydrogen) atoms. The molecule has 0 fully saturated rings. The Hall–Kier alpha value is -2.73. The number of nitrogens with one attached hydrogen (secondary N) is 2. The monoisotopic (exact) mass is 339 g/mol. The predicted octanol–water partition coefficient (Wildman–Crippen LogP) is 3.54. The smallest absolute Gasteiger partial charge is 0.336 e. The van der Waals surface area contributed by atoms with E-state index in [1.807, 2.05) is 38.1 Å². The number of hydrogen-bond donors (Lipinski definition) is 2. The Morgan fingerprint density at radius 1 is 1.21 bits per heavy atom. The second-order valence-corrected chi connectivity index (χ2v) is 5.97. The second-order valence-electron chi connectivity index (χ2n) is 5.56. The molecular weight excluding hydrogens is 322 g/mol. The molecule has 6 heteroatoms. The van der Waals surface area contributed by atoms with E-state index in [0.717, 1.165) is 22.2 Å². The zero-order valence-electron chi connectivity index (χ0n) is 13.4. The molecule has 0 aliphatic carbocycles. The van der Waals surface area contributed by atoms with Crippen molar-refractivity contribution in [1.82, 2.24) is 10.3 Å². The van der Waals surface area contributed by atoms with Crippen molar-refractivity contribution in [3.8, 4) is 0 Å². The Balaban J connectivity index is 1.75. The van der Waals surface area contributed by atoms with Crippen LogP contribution in [0.4, 0.5) is 5.69 Å². The summed E-state index contributed by atoms with van der Waals surface area (Å²) in [6.07, 6.45) is 3.50. The summed E-state index contributed by atoms with van der Waals surface area (Å²) in [4.78, 5) is 15.5. The number of fused-ring (bicyclic) bond motifs is 1. The van der Waals surface area contributed by atoms with Gasteiger partial charge < -0.3 is 15.1 Å². The van der Waals surface area contributed by atoms with Crippen molar-refractivity contribution >= 4 is 34.0 Å². The zero-order chi connectivity index (χ0) is 17.1. The molecule has 3 rings (SSSR count). The Morgan fingerprint density at radius 3 is 2.71 bits per heavy atom. The Labute approximate surface area is 144 Å². The highest BCUT2D eigenvalue weighted by molar-refractivity contribution is 7.80. The molecule has 0 aliphatic heterocycles. The Morgan fingerprint density at radius 2 is 1.96 bits per heavy atom. The van der Waals surface area contributed by atoms with Crippen LogP contribution in [0.25, 0.3) is 11.0 Å². The van der Waals surface area contributed by atoms with E-state index in [1.54, 1.807) is 18.5 Å². The molecule has 0 amide bonds. The number of nitrogens with zero attached hydrogens (tertiary/aromatic N) is 1. The molecule has 2 heterocycles. The van der Waals surface area contributed by atoms with E-state index in [0.29, 0.717) is 10.7 Å². The van der Waals surface area contributed by atoms with E-state index in [9.17, 15) is 4.79 Å². The van der Waals surface area contributed by atoms with Gasteiger partial charge in [0.1, 0.15) is 5.58 Å². The Kier molecular flexibility index (Phi) is 4.57. The minimum atomic E-state index is -0.357. The summed E-state index contributed by atoms with van der Waals surface area (Å²) < 4.78 is 5.25. The van der Waals surface area contributed by atoms with Crippen molar-refractivity contribution in [1.29, 1.82) is 0 Å². The lowest BCUT2D eigenvalue weighted by Gasteiger charge is -2.17. The first kappa shape index (κ1) is 16.1. The van der Waals surface area contributed by atoms with Gasteiger partial charge in [-0.3, -0.25) is 4.98 Å². The van der Waals surface area contributed by atoms with E-state index in [-0.39, 0.29) is 11.7 Å². The van der Waals surface area contributed by atoms with Gasteiger partial charge >= 0.3 is 5.63 Å². The zero-order valence-corrected chi connectivity index (χ0v) is 14.2. The van der Waals surface area contributed by atoms with Gasteiger partial charge in [-0.05, 0) is 61.5 Å². The molecule has 5 nitrogen and oxygen atoms in total. The summed E-state index contributed by atoms with van der Waals surface area (Å²) >= 11 is 5.36. The van der Waals surface area contributed by atoms with Crippen molar-refractivity contribution in [3.63, 3.8) is 0 Å². The molecule has 0 aliphatic rings. The minimum absolute atomic E-state index is 0.0497. The quantitative estimate of drug-likeness (QED) is 0.562.